The lowest BCUT2D eigenvalue weighted by Gasteiger charge is -2.08. The number of carbonyl (C=O) groups is 2. The molecule has 0 spiro atoms. The number of urea groups is 1. The average molecular weight is 287 g/mol. The Bertz CT molecular complexity index is 656. The molecule has 2 rings (SSSR count). The minimum absolute atomic E-state index is 0.211. The molecule has 4 N–H and O–H groups in total. The molecule has 2 aromatic carbocycles. The molecule has 2 aromatic rings. The van der Waals surface area contributed by atoms with Crippen molar-refractivity contribution < 1.29 is 14.0 Å². The number of rotatable bonds is 4. The number of carbonyl (C=O) groups excluding carboxylic acids is 2. The van der Waals surface area contributed by atoms with Gasteiger partial charge in [0, 0.05) is 17.8 Å². The highest BCUT2D eigenvalue weighted by molar-refractivity contribution is 5.94. The van der Waals surface area contributed by atoms with Gasteiger partial charge >= 0.3 is 6.03 Å². The van der Waals surface area contributed by atoms with Crippen LogP contribution in [0.4, 0.5) is 14.9 Å². The SMILES string of the molecule is NC(=O)c1ccc(NC(=O)NCc2cccc(F)c2)cc1. The number of hydrogen-bond donors (Lipinski definition) is 3. The van der Waals surface area contributed by atoms with Gasteiger partial charge in [0.2, 0.25) is 5.91 Å². The Morgan fingerprint density at radius 2 is 1.81 bits per heavy atom. The maximum absolute atomic E-state index is 13.0. The lowest BCUT2D eigenvalue weighted by atomic mass is 10.2. The zero-order valence-corrected chi connectivity index (χ0v) is 11.1. The molecule has 0 aliphatic heterocycles. The van der Waals surface area contributed by atoms with Crippen LogP contribution in [-0.4, -0.2) is 11.9 Å². The molecule has 0 bridgehead atoms. The van der Waals surface area contributed by atoms with Gasteiger partial charge < -0.3 is 16.4 Å². The Hall–Kier alpha value is -2.89. The predicted octanol–water partition coefficient (Wildman–Crippen LogP) is 2.25. The van der Waals surface area contributed by atoms with Gasteiger partial charge in [-0.05, 0) is 42.0 Å². The van der Waals surface area contributed by atoms with E-state index in [4.69, 9.17) is 5.73 Å². The third kappa shape index (κ3) is 4.31. The van der Waals surface area contributed by atoms with E-state index in [9.17, 15) is 14.0 Å². The number of nitrogens with one attached hydrogen (secondary N) is 2. The second-order valence-corrected chi connectivity index (χ2v) is 4.38. The molecule has 0 radical (unpaired) electrons. The van der Waals surface area contributed by atoms with Crippen LogP contribution in [0, 0.1) is 5.82 Å². The van der Waals surface area contributed by atoms with E-state index in [1.54, 1.807) is 24.3 Å². The highest BCUT2D eigenvalue weighted by Gasteiger charge is 2.04. The van der Waals surface area contributed by atoms with E-state index >= 15 is 0 Å². The fourth-order valence-corrected chi connectivity index (χ4v) is 1.72. The van der Waals surface area contributed by atoms with Gasteiger partial charge in [0.15, 0.2) is 0 Å². The van der Waals surface area contributed by atoms with Crippen LogP contribution in [0.1, 0.15) is 15.9 Å². The number of halogens is 1. The maximum Gasteiger partial charge on any atom is 0.319 e. The molecule has 0 unspecified atom stereocenters. The van der Waals surface area contributed by atoms with Gasteiger partial charge in [-0.2, -0.15) is 0 Å². The minimum atomic E-state index is -0.530. The van der Waals surface area contributed by atoms with E-state index in [2.05, 4.69) is 10.6 Å². The summed E-state index contributed by atoms with van der Waals surface area (Å²) in [6.45, 7) is 0.211. The van der Waals surface area contributed by atoms with Crippen molar-refractivity contribution in [2.75, 3.05) is 5.32 Å². The molecule has 3 amide bonds. The molecule has 0 atom stereocenters. The number of amides is 3. The smallest absolute Gasteiger partial charge is 0.319 e. The van der Waals surface area contributed by atoms with Crippen molar-refractivity contribution in [2.24, 2.45) is 5.73 Å². The molecule has 21 heavy (non-hydrogen) atoms. The molecule has 0 aromatic heterocycles. The Balaban J connectivity index is 1.88. The molecule has 0 aliphatic carbocycles. The summed E-state index contributed by atoms with van der Waals surface area (Å²) in [6.07, 6.45) is 0. The van der Waals surface area contributed by atoms with Crippen LogP contribution >= 0.6 is 0 Å². The van der Waals surface area contributed by atoms with E-state index in [0.29, 0.717) is 16.8 Å². The van der Waals surface area contributed by atoms with Crippen molar-refractivity contribution >= 4 is 17.6 Å². The Morgan fingerprint density at radius 1 is 1.10 bits per heavy atom. The largest absolute Gasteiger partial charge is 0.366 e. The molecular weight excluding hydrogens is 273 g/mol. The first-order chi connectivity index (χ1) is 10.0. The maximum atomic E-state index is 13.0. The molecular formula is C15H14FN3O2. The summed E-state index contributed by atoms with van der Waals surface area (Å²) in [7, 11) is 0. The van der Waals surface area contributed by atoms with Gasteiger partial charge in [0.1, 0.15) is 5.82 Å². The molecule has 0 heterocycles. The van der Waals surface area contributed by atoms with Crippen molar-refractivity contribution in [3.8, 4) is 0 Å². The van der Waals surface area contributed by atoms with E-state index in [1.807, 2.05) is 0 Å². The average Bonchev–Trinajstić information content (AvgIpc) is 2.46. The first-order valence-electron chi connectivity index (χ1n) is 6.24. The lowest BCUT2D eigenvalue weighted by Crippen LogP contribution is -2.28. The molecule has 0 aliphatic rings. The first-order valence-corrected chi connectivity index (χ1v) is 6.24. The van der Waals surface area contributed by atoms with Gasteiger partial charge in [-0.1, -0.05) is 12.1 Å². The normalized spacial score (nSPS) is 9.95. The summed E-state index contributed by atoms with van der Waals surface area (Å²) in [5.74, 6) is -0.881. The predicted molar refractivity (Wildman–Crippen MR) is 77.2 cm³/mol. The van der Waals surface area contributed by atoms with Crippen LogP contribution in [-0.2, 0) is 6.54 Å². The third-order valence-electron chi connectivity index (χ3n) is 2.77. The summed E-state index contributed by atoms with van der Waals surface area (Å²) in [4.78, 5) is 22.6. The summed E-state index contributed by atoms with van der Waals surface area (Å²) >= 11 is 0. The summed E-state index contributed by atoms with van der Waals surface area (Å²) in [6, 6.07) is 11.7. The molecule has 0 saturated heterocycles. The fourth-order valence-electron chi connectivity index (χ4n) is 1.72. The topological polar surface area (TPSA) is 84.2 Å². The number of nitrogens with two attached hydrogens (primary N) is 1. The number of anilines is 1. The molecule has 6 heteroatoms. The standard InChI is InChI=1S/C15H14FN3O2/c16-12-3-1-2-10(8-12)9-18-15(21)19-13-6-4-11(5-7-13)14(17)20/h1-8H,9H2,(H2,17,20)(H2,18,19,21). The minimum Gasteiger partial charge on any atom is -0.366 e. The quantitative estimate of drug-likeness (QED) is 0.805. The van der Waals surface area contributed by atoms with E-state index < -0.39 is 11.9 Å². The number of benzene rings is 2. The van der Waals surface area contributed by atoms with Crippen LogP contribution in [0.5, 0.6) is 0 Å². The molecule has 0 fully saturated rings. The Kier molecular flexibility index (Phi) is 4.50. The molecule has 5 nitrogen and oxygen atoms in total. The van der Waals surface area contributed by atoms with Gasteiger partial charge in [0.25, 0.3) is 0 Å². The first kappa shape index (κ1) is 14.5. The van der Waals surface area contributed by atoms with Crippen LogP contribution in [0.25, 0.3) is 0 Å². The molecule has 0 saturated carbocycles. The van der Waals surface area contributed by atoms with Crippen molar-refractivity contribution in [3.63, 3.8) is 0 Å². The summed E-state index contributed by atoms with van der Waals surface area (Å²) in [5, 5.41) is 5.20. The van der Waals surface area contributed by atoms with E-state index in [0.717, 1.165) is 0 Å². The monoisotopic (exact) mass is 287 g/mol. The van der Waals surface area contributed by atoms with Crippen LogP contribution in [0.15, 0.2) is 48.5 Å². The number of hydrogen-bond acceptors (Lipinski definition) is 2. The van der Waals surface area contributed by atoms with Gasteiger partial charge in [-0.15, -0.1) is 0 Å². The van der Waals surface area contributed by atoms with Crippen molar-refractivity contribution in [2.45, 2.75) is 6.54 Å². The zero-order valence-electron chi connectivity index (χ0n) is 11.1. The summed E-state index contributed by atoms with van der Waals surface area (Å²) in [5.41, 5.74) is 6.67. The van der Waals surface area contributed by atoms with Crippen molar-refractivity contribution in [1.82, 2.24) is 5.32 Å². The summed E-state index contributed by atoms with van der Waals surface area (Å²) < 4.78 is 13.0. The van der Waals surface area contributed by atoms with Gasteiger partial charge in [-0.3, -0.25) is 4.79 Å². The van der Waals surface area contributed by atoms with Crippen LogP contribution < -0.4 is 16.4 Å². The second kappa shape index (κ2) is 6.51. The van der Waals surface area contributed by atoms with Gasteiger partial charge in [0.05, 0.1) is 0 Å². The van der Waals surface area contributed by atoms with Crippen molar-refractivity contribution in [3.05, 3.63) is 65.5 Å². The highest BCUT2D eigenvalue weighted by Crippen LogP contribution is 2.09. The Labute approximate surface area is 121 Å². The van der Waals surface area contributed by atoms with E-state index in [1.165, 1.54) is 24.3 Å². The lowest BCUT2D eigenvalue weighted by molar-refractivity contribution is 0.100. The van der Waals surface area contributed by atoms with E-state index in [-0.39, 0.29) is 12.4 Å². The second-order valence-electron chi connectivity index (χ2n) is 4.38. The third-order valence-corrected chi connectivity index (χ3v) is 2.77. The fraction of sp³-hybridized carbons (Fsp3) is 0.0667. The zero-order chi connectivity index (χ0) is 15.2. The molecule has 108 valence electrons. The number of primary amides is 1. The van der Waals surface area contributed by atoms with Crippen LogP contribution in [0.3, 0.4) is 0 Å². The van der Waals surface area contributed by atoms with Gasteiger partial charge in [-0.25, -0.2) is 9.18 Å². The Morgan fingerprint density at radius 3 is 2.43 bits per heavy atom. The highest BCUT2D eigenvalue weighted by atomic mass is 19.1. The van der Waals surface area contributed by atoms with Crippen molar-refractivity contribution in [1.29, 1.82) is 0 Å². The van der Waals surface area contributed by atoms with Crippen LogP contribution in [0.2, 0.25) is 0 Å².